The number of fused-ring (bicyclic) bond motifs is 1. The zero-order valence-electron chi connectivity index (χ0n) is 9.13. The Bertz CT molecular complexity index is 257. The van der Waals surface area contributed by atoms with E-state index in [4.69, 9.17) is 0 Å². The first-order valence-corrected chi connectivity index (χ1v) is 5.89. The first kappa shape index (κ1) is 10.7. The molecule has 84 valence electrons. The summed E-state index contributed by atoms with van der Waals surface area (Å²) in [4.78, 5) is 21.2. The Hall–Kier alpha value is -0.800. The van der Waals surface area contributed by atoms with Crippen molar-refractivity contribution < 1.29 is 0 Å². The lowest BCUT2D eigenvalue weighted by Crippen LogP contribution is -2.15. The van der Waals surface area contributed by atoms with Crippen molar-refractivity contribution in [2.45, 2.75) is 51.1 Å². The summed E-state index contributed by atoms with van der Waals surface area (Å²) in [5.41, 5.74) is 0. The molecule has 0 heterocycles. The predicted octanol–water partition coefficient (Wildman–Crippen LogP) is 3.10. The summed E-state index contributed by atoms with van der Waals surface area (Å²) in [5, 5.41) is 6.39. The summed E-state index contributed by atoms with van der Waals surface area (Å²) < 4.78 is 0. The summed E-state index contributed by atoms with van der Waals surface area (Å²) in [7, 11) is 0. The second kappa shape index (κ2) is 4.37. The minimum Gasteiger partial charge on any atom is -0.151 e. The molecule has 0 aromatic carbocycles. The molecule has 2 aliphatic carbocycles. The van der Waals surface area contributed by atoms with Gasteiger partial charge in [-0.05, 0) is 49.9 Å². The van der Waals surface area contributed by atoms with Crippen molar-refractivity contribution in [3.05, 3.63) is 9.81 Å². The van der Waals surface area contributed by atoms with Gasteiger partial charge in [0.2, 0.25) is 0 Å². The van der Waals surface area contributed by atoms with Gasteiger partial charge in [0.15, 0.2) is 0 Å². The summed E-state index contributed by atoms with van der Waals surface area (Å²) in [6.45, 7) is 2.11. The van der Waals surface area contributed by atoms with E-state index in [1.807, 2.05) is 0 Å². The van der Waals surface area contributed by atoms with Crippen molar-refractivity contribution in [1.29, 1.82) is 0 Å². The van der Waals surface area contributed by atoms with Crippen LogP contribution in [0.5, 0.6) is 0 Å². The fraction of sp³-hybridized carbons (Fsp3) is 1.00. The fourth-order valence-electron chi connectivity index (χ4n) is 3.37. The van der Waals surface area contributed by atoms with Gasteiger partial charge in [-0.1, -0.05) is 17.3 Å². The van der Waals surface area contributed by atoms with Gasteiger partial charge in [-0.2, -0.15) is 9.81 Å². The van der Waals surface area contributed by atoms with Crippen molar-refractivity contribution in [3.8, 4) is 0 Å². The molecule has 0 bridgehead atoms. The Morgan fingerprint density at radius 3 is 2.33 bits per heavy atom. The smallest absolute Gasteiger partial charge is 0.0945 e. The molecule has 0 aromatic heterocycles. The van der Waals surface area contributed by atoms with Crippen LogP contribution in [0.3, 0.4) is 0 Å². The predicted molar refractivity (Wildman–Crippen MR) is 58.4 cm³/mol. The highest BCUT2D eigenvalue weighted by atomic mass is 16.3. The highest BCUT2D eigenvalue weighted by Gasteiger charge is 2.39. The number of hydrogen-bond acceptors (Lipinski definition) is 4. The van der Waals surface area contributed by atoms with E-state index in [2.05, 4.69) is 17.3 Å². The van der Waals surface area contributed by atoms with Crippen molar-refractivity contribution in [1.82, 2.24) is 0 Å². The van der Waals surface area contributed by atoms with Gasteiger partial charge < -0.3 is 0 Å². The van der Waals surface area contributed by atoms with Crippen molar-refractivity contribution in [3.63, 3.8) is 0 Å². The second-order valence-electron chi connectivity index (χ2n) is 5.21. The maximum Gasteiger partial charge on any atom is 0.0945 e. The molecule has 0 aromatic rings. The van der Waals surface area contributed by atoms with Crippen LogP contribution in [0.4, 0.5) is 0 Å². The molecule has 0 N–H and O–H groups in total. The molecular weight excluding hydrogens is 192 g/mol. The van der Waals surface area contributed by atoms with Crippen LogP contribution in [0.2, 0.25) is 0 Å². The molecule has 2 fully saturated rings. The van der Waals surface area contributed by atoms with Crippen LogP contribution in [-0.2, 0) is 0 Å². The lowest BCUT2D eigenvalue weighted by Gasteiger charge is -2.17. The lowest BCUT2D eigenvalue weighted by molar-refractivity contribution is 0.333. The quantitative estimate of drug-likeness (QED) is 0.657. The van der Waals surface area contributed by atoms with Gasteiger partial charge in [-0.15, -0.1) is 0 Å². The highest BCUT2D eigenvalue weighted by Crippen LogP contribution is 2.44. The standard InChI is InChI=1S/C11H18N2O2/c1-7-4-9-6-10(12-14)5-8(9)2-3-11(7)13-15/h7-11H,2-6H2,1H3/t7?,8?,9?,10?,11-/m1/s1. The summed E-state index contributed by atoms with van der Waals surface area (Å²) in [5.74, 6) is 1.60. The number of hydrogen-bond donors (Lipinski definition) is 0. The number of nitroso groups, excluding NO2 is 2. The normalized spacial score (nSPS) is 45.5. The molecule has 4 unspecified atom stereocenters. The van der Waals surface area contributed by atoms with E-state index in [1.165, 1.54) is 0 Å². The van der Waals surface area contributed by atoms with Gasteiger partial charge in [-0.3, -0.25) is 0 Å². The molecule has 0 saturated heterocycles. The highest BCUT2D eigenvalue weighted by molar-refractivity contribution is 4.92. The van der Waals surface area contributed by atoms with Gasteiger partial charge in [0.05, 0.1) is 12.1 Å². The number of rotatable bonds is 2. The van der Waals surface area contributed by atoms with Crippen LogP contribution in [-0.4, -0.2) is 12.1 Å². The minimum atomic E-state index is -0.00163. The Morgan fingerprint density at radius 2 is 1.67 bits per heavy atom. The molecule has 4 heteroatoms. The van der Waals surface area contributed by atoms with Crippen LogP contribution in [0.1, 0.15) is 39.0 Å². The summed E-state index contributed by atoms with van der Waals surface area (Å²) in [6, 6.07) is 0.0335. The van der Waals surface area contributed by atoms with Crippen LogP contribution in [0.25, 0.3) is 0 Å². The van der Waals surface area contributed by atoms with E-state index in [0.717, 1.165) is 32.1 Å². The average Bonchev–Trinajstić information content (AvgIpc) is 2.55. The van der Waals surface area contributed by atoms with E-state index in [-0.39, 0.29) is 12.1 Å². The third kappa shape index (κ3) is 2.08. The van der Waals surface area contributed by atoms with Gasteiger partial charge >= 0.3 is 0 Å². The van der Waals surface area contributed by atoms with Crippen molar-refractivity contribution >= 4 is 0 Å². The second-order valence-corrected chi connectivity index (χ2v) is 5.21. The Kier molecular flexibility index (Phi) is 3.12. The van der Waals surface area contributed by atoms with Gasteiger partial charge in [-0.25, -0.2) is 0 Å². The summed E-state index contributed by atoms with van der Waals surface area (Å²) in [6.07, 6.45) is 4.87. The van der Waals surface area contributed by atoms with Gasteiger partial charge in [0.25, 0.3) is 0 Å². The topological polar surface area (TPSA) is 58.9 Å². The van der Waals surface area contributed by atoms with Crippen LogP contribution >= 0.6 is 0 Å². The van der Waals surface area contributed by atoms with E-state index in [0.29, 0.717) is 17.8 Å². The van der Waals surface area contributed by atoms with Crippen molar-refractivity contribution in [2.75, 3.05) is 0 Å². The third-order valence-corrected chi connectivity index (χ3v) is 4.27. The van der Waals surface area contributed by atoms with E-state index in [1.54, 1.807) is 0 Å². The first-order chi connectivity index (χ1) is 7.24. The molecular formula is C11H18N2O2. The minimum absolute atomic E-state index is 0.00163. The maximum atomic E-state index is 10.6. The number of nitrogens with zero attached hydrogens (tertiary/aromatic N) is 2. The van der Waals surface area contributed by atoms with Crippen LogP contribution in [0.15, 0.2) is 10.4 Å². The largest absolute Gasteiger partial charge is 0.151 e. The summed E-state index contributed by atoms with van der Waals surface area (Å²) >= 11 is 0. The molecule has 2 rings (SSSR count). The SMILES string of the molecule is CC1CC2CC(N=O)CC2CC[C@H]1N=O. The molecule has 0 aliphatic heterocycles. The Labute approximate surface area is 89.8 Å². The van der Waals surface area contributed by atoms with E-state index >= 15 is 0 Å². The van der Waals surface area contributed by atoms with Gasteiger partial charge in [0, 0.05) is 0 Å². The molecule has 4 nitrogen and oxygen atoms in total. The lowest BCUT2D eigenvalue weighted by atomic mass is 9.88. The van der Waals surface area contributed by atoms with E-state index < -0.39 is 0 Å². The molecule has 2 aliphatic rings. The zero-order chi connectivity index (χ0) is 10.8. The Balaban J connectivity index is 2.02. The first-order valence-electron chi connectivity index (χ1n) is 5.89. The van der Waals surface area contributed by atoms with Gasteiger partial charge in [0.1, 0.15) is 0 Å². The zero-order valence-corrected chi connectivity index (χ0v) is 9.13. The molecule has 5 atom stereocenters. The maximum absolute atomic E-state index is 10.6. The Morgan fingerprint density at radius 1 is 0.933 bits per heavy atom. The van der Waals surface area contributed by atoms with Crippen molar-refractivity contribution in [2.24, 2.45) is 28.1 Å². The monoisotopic (exact) mass is 210 g/mol. The van der Waals surface area contributed by atoms with E-state index in [9.17, 15) is 9.81 Å². The fourth-order valence-corrected chi connectivity index (χ4v) is 3.37. The molecule has 0 amide bonds. The van der Waals surface area contributed by atoms with Crippen LogP contribution in [0, 0.1) is 27.6 Å². The molecule has 2 saturated carbocycles. The molecule has 0 spiro atoms. The molecule has 0 radical (unpaired) electrons. The average molecular weight is 210 g/mol. The van der Waals surface area contributed by atoms with Crippen LogP contribution < -0.4 is 0 Å². The molecule has 15 heavy (non-hydrogen) atoms. The third-order valence-electron chi connectivity index (χ3n) is 4.27.